The molecule has 0 radical (unpaired) electrons. The van der Waals surface area contributed by atoms with E-state index >= 15 is 0 Å². The topological polar surface area (TPSA) is 148 Å². The molecular formula is C27H35ClN4O8S. The number of amides is 1. The third-order valence-electron chi connectivity index (χ3n) is 6.11. The molecule has 1 amide bonds. The molecule has 0 saturated carbocycles. The van der Waals surface area contributed by atoms with Gasteiger partial charge in [0.2, 0.25) is 5.91 Å². The number of hydrogen-bond acceptors (Lipinski definition) is 11. The van der Waals surface area contributed by atoms with Crippen molar-refractivity contribution in [2.45, 2.75) is 95.4 Å². The number of halogens is 1. The summed E-state index contributed by atoms with van der Waals surface area (Å²) < 4.78 is 24.5. The lowest BCUT2D eigenvalue weighted by molar-refractivity contribution is -0.211. The van der Waals surface area contributed by atoms with E-state index in [-0.39, 0.29) is 6.61 Å². The predicted molar refractivity (Wildman–Crippen MR) is 150 cm³/mol. The fourth-order valence-electron chi connectivity index (χ4n) is 4.43. The maximum absolute atomic E-state index is 12.3. The Bertz CT molecular complexity index is 1240. The zero-order valence-corrected chi connectivity index (χ0v) is 25.2. The van der Waals surface area contributed by atoms with Crippen molar-refractivity contribution in [2.24, 2.45) is 0 Å². The minimum Gasteiger partial charge on any atom is -0.463 e. The van der Waals surface area contributed by atoms with Gasteiger partial charge >= 0.3 is 17.9 Å². The number of carbonyl (C=O) groups is 4. The number of benzene rings is 1. The standard InChI is InChI=1S/C27H35ClN4O8S/c1-6-7-10-13-32-25(19-11-8-9-12-20(19)28)30-31-27(32)41-26-22(29-15(2)33)24(39-18(5)36)23(38-17(4)35)21(40-26)14-37-16(3)34/h8-9,11-12,21-24,26H,6-7,10,13-14H2,1-5H3,(H,29,33)/t21-,22-,23-,24-,26-/m1/s1. The molecule has 1 aliphatic heterocycles. The maximum atomic E-state index is 12.3. The molecule has 3 rings (SSSR count). The summed E-state index contributed by atoms with van der Waals surface area (Å²) in [5.74, 6) is -1.78. The highest BCUT2D eigenvalue weighted by Gasteiger charge is 2.51. The molecule has 0 bridgehead atoms. The van der Waals surface area contributed by atoms with E-state index in [9.17, 15) is 19.2 Å². The molecule has 5 atom stereocenters. The van der Waals surface area contributed by atoms with Crippen LogP contribution in [0.5, 0.6) is 0 Å². The Morgan fingerprint density at radius 3 is 2.29 bits per heavy atom. The molecule has 0 spiro atoms. The largest absolute Gasteiger partial charge is 0.463 e. The molecule has 0 unspecified atom stereocenters. The van der Waals surface area contributed by atoms with Crippen LogP contribution >= 0.6 is 23.4 Å². The highest BCUT2D eigenvalue weighted by atomic mass is 35.5. The molecule has 1 fully saturated rings. The highest BCUT2D eigenvalue weighted by Crippen LogP contribution is 2.37. The number of thioether (sulfide) groups is 1. The first-order chi connectivity index (χ1) is 19.5. The second kappa shape index (κ2) is 15.2. The Kier molecular flexibility index (Phi) is 12.0. The van der Waals surface area contributed by atoms with E-state index in [0.717, 1.165) is 31.0 Å². The van der Waals surface area contributed by atoms with Crippen molar-refractivity contribution >= 4 is 47.2 Å². The van der Waals surface area contributed by atoms with Gasteiger partial charge in [-0.2, -0.15) is 0 Å². The normalized spacial score (nSPS) is 22.0. The van der Waals surface area contributed by atoms with Gasteiger partial charge in [0.25, 0.3) is 0 Å². The lowest BCUT2D eigenvalue weighted by Gasteiger charge is -2.44. The quantitative estimate of drug-likeness (QED) is 0.214. The molecule has 1 saturated heterocycles. The number of unbranched alkanes of at least 4 members (excludes halogenated alkanes) is 2. The molecule has 1 aromatic heterocycles. The summed E-state index contributed by atoms with van der Waals surface area (Å²) in [5, 5.41) is 12.6. The van der Waals surface area contributed by atoms with Gasteiger partial charge in [-0.1, -0.05) is 55.3 Å². The van der Waals surface area contributed by atoms with Gasteiger partial charge in [0, 0.05) is 39.8 Å². The summed E-state index contributed by atoms with van der Waals surface area (Å²) >= 11 is 7.63. The number of carbonyl (C=O) groups excluding carboxylic acids is 4. The minimum atomic E-state index is -1.18. The smallest absolute Gasteiger partial charge is 0.303 e. The van der Waals surface area contributed by atoms with E-state index in [0.29, 0.717) is 28.1 Å². The summed E-state index contributed by atoms with van der Waals surface area (Å²) in [6.07, 6.45) is -0.532. The van der Waals surface area contributed by atoms with Gasteiger partial charge in [0.05, 0.1) is 5.02 Å². The van der Waals surface area contributed by atoms with Crippen LogP contribution in [-0.4, -0.2) is 75.0 Å². The van der Waals surface area contributed by atoms with Crippen molar-refractivity contribution in [2.75, 3.05) is 6.61 Å². The minimum absolute atomic E-state index is 0.289. The number of esters is 3. The molecule has 1 aliphatic rings. The summed E-state index contributed by atoms with van der Waals surface area (Å²) in [5.41, 5.74) is -0.211. The summed E-state index contributed by atoms with van der Waals surface area (Å²) in [6, 6.07) is 6.33. The molecule has 1 N–H and O–H groups in total. The number of rotatable bonds is 12. The van der Waals surface area contributed by atoms with E-state index in [1.54, 1.807) is 6.07 Å². The summed E-state index contributed by atoms with van der Waals surface area (Å²) in [6.45, 7) is 7.33. The van der Waals surface area contributed by atoms with E-state index in [1.165, 1.54) is 27.7 Å². The molecular weight excluding hydrogens is 576 g/mol. The van der Waals surface area contributed by atoms with Crippen LogP contribution in [-0.2, 0) is 44.7 Å². The van der Waals surface area contributed by atoms with E-state index in [2.05, 4.69) is 22.4 Å². The second-order valence-electron chi connectivity index (χ2n) is 9.48. The van der Waals surface area contributed by atoms with Crippen LogP contribution in [0.2, 0.25) is 5.02 Å². The average Bonchev–Trinajstić information content (AvgIpc) is 3.28. The third kappa shape index (κ3) is 8.91. The fraction of sp³-hybridized carbons (Fsp3) is 0.556. The van der Waals surface area contributed by atoms with Gasteiger partial charge in [0.1, 0.15) is 24.2 Å². The van der Waals surface area contributed by atoms with Crippen molar-refractivity contribution in [3.63, 3.8) is 0 Å². The first-order valence-corrected chi connectivity index (χ1v) is 14.5. The average molecular weight is 611 g/mol. The molecule has 0 aliphatic carbocycles. The van der Waals surface area contributed by atoms with Crippen LogP contribution in [0.25, 0.3) is 11.4 Å². The van der Waals surface area contributed by atoms with Gasteiger partial charge in [-0.05, 0) is 18.6 Å². The molecule has 12 nitrogen and oxygen atoms in total. The van der Waals surface area contributed by atoms with Crippen LogP contribution in [0.1, 0.15) is 53.9 Å². The van der Waals surface area contributed by atoms with E-state index in [4.69, 9.17) is 30.5 Å². The third-order valence-corrected chi connectivity index (χ3v) is 7.59. The Hall–Kier alpha value is -3.16. The first kappa shape index (κ1) is 32.4. The van der Waals surface area contributed by atoms with Gasteiger partial charge in [-0.25, -0.2) is 0 Å². The SMILES string of the molecule is CCCCCn1c(S[C@H]2O[C@H](COC(C)=O)[C@@H](OC(C)=O)[C@H](OC(C)=O)[C@H]2NC(C)=O)nnc1-c1ccccc1Cl. The highest BCUT2D eigenvalue weighted by molar-refractivity contribution is 7.99. The number of nitrogens with zero attached hydrogens (tertiary/aromatic N) is 3. The van der Waals surface area contributed by atoms with Gasteiger partial charge in [0.15, 0.2) is 23.2 Å². The Labute approximate surface area is 247 Å². The van der Waals surface area contributed by atoms with Crippen LogP contribution in [0.3, 0.4) is 0 Å². The maximum Gasteiger partial charge on any atom is 0.303 e. The summed E-state index contributed by atoms with van der Waals surface area (Å²) in [4.78, 5) is 48.1. The van der Waals surface area contributed by atoms with Crippen molar-refractivity contribution in [3.8, 4) is 11.4 Å². The number of hydrogen-bond donors (Lipinski definition) is 1. The molecule has 224 valence electrons. The molecule has 14 heteroatoms. The van der Waals surface area contributed by atoms with Crippen LogP contribution in [0.4, 0.5) is 0 Å². The predicted octanol–water partition coefficient (Wildman–Crippen LogP) is 3.54. The molecule has 2 aromatic rings. The van der Waals surface area contributed by atoms with Gasteiger partial charge in [-0.15, -0.1) is 10.2 Å². The van der Waals surface area contributed by atoms with E-state index in [1.807, 2.05) is 22.8 Å². The van der Waals surface area contributed by atoms with Crippen LogP contribution < -0.4 is 5.32 Å². The lowest BCUT2D eigenvalue weighted by atomic mass is 9.97. The number of nitrogens with one attached hydrogen (secondary N) is 1. The number of ether oxygens (including phenoxy) is 4. The lowest BCUT2D eigenvalue weighted by Crippen LogP contribution is -2.65. The first-order valence-electron chi connectivity index (χ1n) is 13.3. The Morgan fingerprint density at radius 2 is 1.68 bits per heavy atom. The number of aromatic nitrogens is 3. The summed E-state index contributed by atoms with van der Waals surface area (Å²) in [7, 11) is 0. The molecule has 2 heterocycles. The fourth-order valence-corrected chi connectivity index (χ4v) is 5.82. The monoisotopic (exact) mass is 610 g/mol. The van der Waals surface area contributed by atoms with Crippen molar-refractivity contribution in [1.29, 1.82) is 0 Å². The van der Waals surface area contributed by atoms with Gasteiger partial charge in [-0.3, -0.25) is 19.2 Å². The Balaban J connectivity index is 2.06. The molecule has 41 heavy (non-hydrogen) atoms. The van der Waals surface area contributed by atoms with Crippen molar-refractivity contribution < 1.29 is 38.1 Å². The zero-order chi connectivity index (χ0) is 30.1. The van der Waals surface area contributed by atoms with Crippen LogP contribution in [0.15, 0.2) is 29.4 Å². The van der Waals surface area contributed by atoms with Crippen molar-refractivity contribution in [3.05, 3.63) is 29.3 Å². The Morgan fingerprint density at radius 1 is 1.00 bits per heavy atom. The molecule has 1 aromatic carbocycles. The van der Waals surface area contributed by atoms with E-state index < -0.39 is 53.6 Å². The van der Waals surface area contributed by atoms with Crippen molar-refractivity contribution in [1.82, 2.24) is 20.1 Å². The van der Waals surface area contributed by atoms with Crippen LogP contribution in [0, 0.1) is 0 Å². The van der Waals surface area contributed by atoms with Gasteiger partial charge < -0.3 is 28.8 Å². The zero-order valence-electron chi connectivity index (χ0n) is 23.6. The second-order valence-corrected chi connectivity index (χ2v) is 11.0.